The Hall–Kier alpha value is -1.59. The highest BCUT2D eigenvalue weighted by molar-refractivity contribution is 6.05. The first-order chi connectivity index (χ1) is 8.58. The van der Waals surface area contributed by atoms with Crippen molar-refractivity contribution in [1.82, 2.24) is 5.32 Å². The van der Waals surface area contributed by atoms with Gasteiger partial charge in [0.05, 0.1) is 6.61 Å². The topological polar surface area (TPSA) is 81.7 Å². The van der Waals surface area contributed by atoms with Crippen LogP contribution in [0.5, 0.6) is 0 Å². The van der Waals surface area contributed by atoms with Crippen LogP contribution in [-0.4, -0.2) is 36.1 Å². The third-order valence-electron chi connectivity index (χ3n) is 2.04. The molecule has 6 nitrogen and oxygen atoms in total. The number of carbonyl (C=O) groups excluding carboxylic acids is 3. The van der Waals surface area contributed by atoms with Gasteiger partial charge in [-0.2, -0.15) is 0 Å². The molecule has 6 heteroatoms. The van der Waals surface area contributed by atoms with Crippen LogP contribution in [-0.2, 0) is 19.1 Å². The number of ether oxygens (including phenoxy) is 2. The number of hydrogen-bond acceptors (Lipinski definition) is 5. The van der Waals surface area contributed by atoms with E-state index < -0.39 is 35.4 Å². The zero-order chi connectivity index (χ0) is 15.2. The van der Waals surface area contributed by atoms with E-state index in [2.05, 4.69) is 5.32 Å². The predicted octanol–water partition coefficient (Wildman–Crippen LogP) is 1.67. The summed E-state index contributed by atoms with van der Waals surface area (Å²) in [5.74, 6) is -1.58. The van der Waals surface area contributed by atoms with Crippen molar-refractivity contribution < 1.29 is 23.9 Å². The van der Waals surface area contributed by atoms with Crippen molar-refractivity contribution in [2.24, 2.45) is 5.92 Å². The summed E-state index contributed by atoms with van der Waals surface area (Å²) in [7, 11) is 0. The summed E-state index contributed by atoms with van der Waals surface area (Å²) in [6.45, 7) is 10.1. The average molecular weight is 273 g/mol. The van der Waals surface area contributed by atoms with Gasteiger partial charge in [0.25, 0.3) is 0 Å². The van der Waals surface area contributed by atoms with Crippen LogP contribution < -0.4 is 5.32 Å². The molecule has 0 rings (SSSR count). The monoisotopic (exact) mass is 273 g/mol. The minimum atomic E-state index is -1.32. The summed E-state index contributed by atoms with van der Waals surface area (Å²) in [5, 5.41) is 2.25. The summed E-state index contributed by atoms with van der Waals surface area (Å²) in [6.07, 6.45) is -0.820. The van der Waals surface area contributed by atoms with E-state index in [4.69, 9.17) is 9.47 Å². The lowest BCUT2D eigenvalue weighted by molar-refractivity contribution is -0.149. The number of amides is 1. The molecule has 1 amide bonds. The molecule has 0 saturated carbocycles. The van der Waals surface area contributed by atoms with Crippen molar-refractivity contribution >= 4 is 17.8 Å². The van der Waals surface area contributed by atoms with Gasteiger partial charge in [0, 0.05) is 5.92 Å². The van der Waals surface area contributed by atoms with Crippen molar-refractivity contribution in [3.63, 3.8) is 0 Å². The van der Waals surface area contributed by atoms with E-state index in [1.807, 2.05) is 0 Å². The van der Waals surface area contributed by atoms with Crippen LogP contribution in [0.1, 0.15) is 41.5 Å². The Morgan fingerprint density at radius 3 is 2.05 bits per heavy atom. The fraction of sp³-hybridized carbons (Fsp3) is 0.769. The predicted molar refractivity (Wildman–Crippen MR) is 69.6 cm³/mol. The Morgan fingerprint density at radius 2 is 1.68 bits per heavy atom. The molecule has 0 aromatic carbocycles. The molecule has 110 valence electrons. The summed E-state index contributed by atoms with van der Waals surface area (Å²) in [4.78, 5) is 35.2. The number of rotatable bonds is 5. The van der Waals surface area contributed by atoms with Gasteiger partial charge in [0.15, 0.2) is 11.8 Å². The first-order valence-corrected chi connectivity index (χ1v) is 6.28. The molecule has 0 aliphatic heterocycles. The number of ketones is 1. The molecule has 0 fully saturated rings. The van der Waals surface area contributed by atoms with Crippen LogP contribution in [0.3, 0.4) is 0 Å². The van der Waals surface area contributed by atoms with E-state index in [1.165, 1.54) is 0 Å². The maximum Gasteiger partial charge on any atom is 0.408 e. The van der Waals surface area contributed by atoms with Gasteiger partial charge < -0.3 is 14.8 Å². The normalized spacial score (nSPS) is 12.8. The van der Waals surface area contributed by atoms with Gasteiger partial charge in [-0.15, -0.1) is 0 Å². The zero-order valence-corrected chi connectivity index (χ0v) is 12.4. The largest absolute Gasteiger partial charge is 0.464 e. The lowest BCUT2D eigenvalue weighted by Gasteiger charge is -2.23. The van der Waals surface area contributed by atoms with Gasteiger partial charge in [-0.3, -0.25) is 4.79 Å². The van der Waals surface area contributed by atoms with Crippen LogP contribution >= 0.6 is 0 Å². The molecule has 0 heterocycles. The average Bonchev–Trinajstić information content (AvgIpc) is 2.22. The fourth-order valence-corrected chi connectivity index (χ4v) is 1.23. The molecule has 1 N–H and O–H groups in total. The van der Waals surface area contributed by atoms with Crippen molar-refractivity contribution in [2.45, 2.75) is 53.2 Å². The third-order valence-corrected chi connectivity index (χ3v) is 2.04. The zero-order valence-electron chi connectivity index (χ0n) is 12.4. The SMILES string of the molecule is CCOC(=O)[C@@H](NC(=O)OC(C)(C)C)C(=O)C(C)C. The first kappa shape index (κ1) is 17.4. The summed E-state index contributed by atoms with van der Waals surface area (Å²) in [5.41, 5.74) is -0.704. The highest BCUT2D eigenvalue weighted by Gasteiger charge is 2.32. The van der Waals surface area contributed by atoms with Crippen molar-refractivity contribution in [3.05, 3.63) is 0 Å². The second-order valence-corrected chi connectivity index (χ2v) is 5.39. The van der Waals surface area contributed by atoms with Gasteiger partial charge in [-0.1, -0.05) is 13.8 Å². The lowest BCUT2D eigenvalue weighted by Crippen LogP contribution is -2.50. The Morgan fingerprint density at radius 1 is 1.16 bits per heavy atom. The molecule has 0 spiro atoms. The number of alkyl carbamates (subject to hydrolysis) is 1. The van der Waals surface area contributed by atoms with Crippen molar-refractivity contribution in [1.29, 1.82) is 0 Å². The molecule has 1 atom stereocenters. The van der Waals surface area contributed by atoms with Crippen LogP contribution in [0.4, 0.5) is 4.79 Å². The number of hydrogen-bond donors (Lipinski definition) is 1. The summed E-state index contributed by atoms with van der Waals surface area (Å²) >= 11 is 0. The van der Waals surface area contributed by atoms with Crippen LogP contribution in [0, 0.1) is 5.92 Å². The van der Waals surface area contributed by atoms with E-state index in [9.17, 15) is 14.4 Å². The Balaban J connectivity index is 4.82. The smallest absolute Gasteiger partial charge is 0.408 e. The minimum Gasteiger partial charge on any atom is -0.464 e. The number of Topliss-reactive ketones (excluding diaryl/α,β-unsaturated/α-hetero) is 1. The molecule has 0 aliphatic rings. The minimum absolute atomic E-state index is 0.136. The maximum absolute atomic E-state index is 11.9. The molecule has 0 unspecified atom stereocenters. The highest BCUT2D eigenvalue weighted by Crippen LogP contribution is 2.08. The molecular weight excluding hydrogens is 250 g/mol. The number of carbonyl (C=O) groups is 3. The molecular formula is C13H23NO5. The third kappa shape index (κ3) is 6.79. The van der Waals surface area contributed by atoms with E-state index in [-0.39, 0.29) is 6.61 Å². The van der Waals surface area contributed by atoms with E-state index in [0.29, 0.717) is 0 Å². The Labute approximate surface area is 113 Å². The molecule has 0 radical (unpaired) electrons. The van der Waals surface area contributed by atoms with Crippen LogP contribution in [0.15, 0.2) is 0 Å². The fourth-order valence-electron chi connectivity index (χ4n) is 1.23. The first-order valence-electron chi connectivity index (χ1n) is 6.28. The molecule has 19 heavy (non-hydrogen) atoms. The van der Waals surface area contributed by atoms with Gasteiger partial charge in [-0.25, -0.2) is 9.59 Å². The molecule has 0 saturated heterocycles. The van der Waals surface area contributed by atoms with Crippen molar-refractivity contribution in [3.8, 4) is 0 Å². The van der Waals surface area contributed by atoms with E-state index in [0.717, 1.165) is 0 Å². The quantitative estimate of drug-likeness (QED) is 0.608. The van der Waals surface area contributed by atoms with E-state index in [1.54, 1.807) is 41.5 Å². The molecule has 0 aromatic heterocycles. The van der Waals surface area contributed by atoms with E-state index >= 15 is 0 Å². The lowest BCUT2D eigenvalue weighted by atomic mass is 10.0. The maximum atomic E-state index is 11.9. The second-order valence-electron chi connectivity index (χ2n) is 5.39. The number of esters is 1. The van der Waals surface area contributed by atoms with Gasteiger partial charge in [-0.05, 0) is 27.7 Å². The van der Waals surface area contributed by atoms with Crippen molar-refractivity contribution in [2.75, 3.05) is 6.61 Å². The molecule has 0 aromatic rings. The standard InChI is InChI=1S/C13H23NO5/c1-7-18-11(16)9(10(15)8(2)3)14-12(17)19-13(4,5)6/h8-9H,7H2,1-6H3,(H,14,17)/t9-/m0/s1. The highest BCUT2D eigenvalue weighted by atomic mass is 16.6. The summed E-state index contributed by atoms with van der Waals surface area (Å²) in [6, 6.07) is -1.32. The van der Waals surface area contributed by atoms with Gasteiger partial charge >= 0.3 is 12.1 Å². The second kappa shape index (κ2) is 7.11. The van der Waals surface area contributed by atoms with Gasteiger partial charge in [0.2, 0.25) is 0 Å². The Bertz CT molecular complexity index is 343. The summed E-state index contributed by atoms with van der Waals surface area (Å²) < 4.78 is 9.79. The Kier molecular flexibility index (Phi) is 6.52. The van der Waals surface area contributed by atoms with Crippen LogP contribution in [0.2, 0.25) is 0 Å². The molecule has 0 aliphatic carbocycles. The molecule has 0 bridgehead atoms. The number of nitrogens with one attached hydrogen (secondary N) is 1. The van der Waals surface area contributed by atoms with Gasteiger partial charge in [0.1, 0.15) is 5.60 Å². The van der Waals surface area contributed by atoms with Crippen LogP contribution in [0.25, 0.3) is 0 Å².